The van der Waals surface area contributed by atoms with E-state index in [4.69, 9.17) is 16.9 Å². The summed E-state index contributed by atoms with van der Waals surface area (Å²) < 4.78 is 0. The first kappa shape index (κ1) is 20.9. The number of aliphatic hydroxyl groups excluding tert-OH is 1. The number of nitriles is 1. The lowest BCUT2D eigenvalue weighted by Crippen LogP contribution is -2.29. The Bertz CT molecular complexity index is 1030. The number of halogens is 1. The zero-order valence-corrected chi connectivity index (χ0v) is 17.1. The highest BCUT2D eigenvalue weighted by molar-refractivity contribution is 7.99. The molecule has 3 aromatic rings. The third-order valence-corrected chi connectivity index (χ3v) is 5.45. The number of nitrogens with zero attached hydrogens (tertiary/aromatic N) is 1. The van der Waals surface area contributed by atoms with Gasteiger partial charge < -0.3 is 10.4 Å². The van der Waals surface area contributed by atoms with Gasteiger partial charge in [-0.15, -0.1) is 0 Å². The first-order chi connectivity index (χ1) is 14.0. The summed E-state index contributed by atoms with van der Waals surface area (Å²) in [7, 11) is 0. The Morgan fingerprint density at radius 1 is 1.07 bits per heavy atom. The number of amides is 1. The molecule has 0 aliphatic rings. The van der Waals surface area contributed by atoms with Gasteiger partial charge in [-0.3, -0.25) is 4.79 Å². The zero-order chi connectivity index (χ0) is 20.6. The average molecular weight is 423 g/mol. The Labute approximate surface area is 179 Å². The van der Waals surface area contributed by atoms with E-state index < -0.39 is 6.10 Å². The smallest absolute Gasteiger partial charge is 0.224 e. The van der Waals surface area contributed by atoms with Gasteiger partial charge in [-0.1, -0.05) is 53.7 Å². The predicted molar refractivity (Wildman–Crippen MR) is 115 cm³/mol. The van der Waals surface area contributed by atoms with Crippen molar-refractivity contribution in [2.45, 2.75) is 22.3 Å². The maximum atomic E-state index is 12.2. The lowest BCUT2D eigenvalue weighted by atomic mass is 10.1. The van der Waals surface area contributed by atoms with E-state index in [9.17, 15) is 9.90 Å². The van der Waals surface area contributed by atoms with E-state index in [1.165, 1.54) is 0 Å². The predicted octanol–water partition coefficient (Wildman–Crippen LogP) is 4.76. The van der Waals surface area contributed by atoms with Gasteiger partial charge in [0.1, 0.15) is 0 Å². The number of carbonyl (C=O) groups is 1. The molecule has 0 aliphatic carbocycles. The van der Waals surface area contributed by atoms with E-state index in [1.807, 2.05) is 42.5 Å². The molecule has 0 aromatic heterocycles. The molecule has 29 heavy (non-hydrogen) atoms. The van der Waals surface area contributed by atoms with Gasteiger partial charge in [-0.25, -0.2) is 0 Å². The fraction of sp³-hybridized carbons (Fsp3) is 0.130. The van der Waals surface area contributed by atoms with Gasteiger partial charge in [0.2, 0.25) is 5.91 Å². The topological polar surface area (TPSA) is 73.1 Å². The van der Waals surface area contributed by atoms with Crippen molar-refractivity contribution in [3.63, 3.8) is 0 Å². The van der Waals surface area contributed by atoms with Gasteiger partial charge in [-0.05, 0) is 53.6 Å². The minimum Gasteiger partial charge on any atom is -0.387 e. The third kappa shape index (κ3) is 6.37. The van der Waals surface area contributed by atoms with Crippen molar-refractivity contribution >= 4 is 29.3 Å². The van der Waals surface area contributed by atoms with Gasteiger partial charge in [0.25, 0.3) is 0 Å². The summed E-state index contributed by atoms with van der Waals surface area (Å²) in [5.41, 5.74) is 2.18. The van der Waals surface area contributed by atoms with Gasteiger partial charge in [-0.2, -0.15) is 5.26 Å². The van der Waals surface area contributed by atoms with Gasteiger partial charge in [0, 0.05) is 21.4 Å². The first-order valence-corrected chi connectivity index (χ1v) is 10.2. The molecule has 0 saturated heterocycles. The molecule has 0 fully saturated rings. The molecule has 1 unspecified atom stereocenters. The van der Waals surface area contributed by atoms with Crippen molar-refractivity contribution in [2.24, 2.45) is 0 Å². The summed E-state index contributed by atoms with van der Waals surface area (Å²) in [5.74, 6) is -0.159. The molecule has 3 rings (SSSR count). The van der Waals surface area contributed by atoms with Crippen LogP contribution in [0, 0.1) is 11.3 Å². The molecule has 0 spiro atoms. The molecule has 0 radical (unpaired) electrons. The fourth-order valence-corrected chi connectivity index (χ4v) is 3.81. The summed E-state index contributed by atoms with van der Waals surface area (Å²) in [6.07, 6.45) is -0.572. The summed E-state index contributed by atoms with van der Waals surface area (Å²) >= 11 is 7.49. The highest BCUT2D eigenvalue weighted by atomic mass is 35.5. The highest BCUT2D eigenvalue weighted by Crippen LogP contribution is 2.28. The molecule has 146 valence electrons. The van der Waals surface area contributed by atoms with Crippen LogP contribution < -0.4 is 5.32 Å². The van der Waals surface area contributed by atoms with Gasteiger partial charge >= 0.3 is 0 Å². The molecule has 2 N–H and O–H groups in total. The van der Waals surface area contributed by atoms with Crippen molar-refractivity contribution in [1.29, 1.82) is 5.26 Å². The maximum Gasteiger partial charge on any atom is 0.224 e. The van der Waals surface area contributed by atoms with Gasteiger partial charge in [0.15, 0.2) is 0 Å². The molecule has 0 heterocycles. The number of carbonyl (C=O) groups excluding carboxylic acids is 1. The molecular formula is C23H19ClN2O2S. The zero-order valence-electron chi connectivity index (χ0n) is 15.5. The standard InChI is InChI=1S/C23H19ClN2O2S/c24-19-5-2-4-18(13-19)22(27)15-26-23(28)12-16-7-9-20(10-8-16)29-21-6-1-3-17(11-21)14-25/h1-11,13,22,27H,12,15H2,(H,26,28). The molecule has 3 aromatic carbocycles. The van der Waals surface area contributed by atoms with Crippen LogP contribution in [0.5, 0.6) is 0 Å². The lowest BCUT2D eigenvalue weighted by Gasteiger charge is -2.12. The van der Waals surface area contributed by atoms with Crippen LogP contribution in [0.4, 0.5) is 0 Å². The highest BCUT2D eigenvalue weighted by Gasteiger charge is 2.10. The second-order valence-corrected chi connectivity index (χ2v) is 8.02. The van der Waals surface area contributed by atoms with Crippen LogP contribution in [0.25, 0.3) is 0 Å². The van der Waals surface area contributed by atoms with E-state index >= 15 is 0 Å². The van der Waals surface area contributed by atoms with Crippen LogP contribution in [0.3, 0.4) is 0 Å². The molecule has 1 atom stereocenters. The Morgan fingerprint density at radius 2 is 1.83 bits per heavy atom. The Kier molecular flexibility index (Phi) is 7.31. The average Bonchev–Trinajstić information content (AvgIpc) is 2.73. The van der Waals surface area contributed by atoms with Crippen molar-refractivity contribution in [3.05, 3.63) is 94.5 Å². The van der Waals surface area contributed by atoms with Gasteiger partial charge in [0.05, 0.1) is 24.2 Å². The number of aliphatic hydroxyl groups is 1. The van der Waals surface area contributed by atoms with Crippen LogP contribution in [-0.4, -0.2) is 17.6 Å². The Hall–Kier alpha value is -2.78. The SMILES string of the molecule is N#Cc1cccc(Sc2ccc(CC(=O)NCC(O)c3cccc(Cl)c3)cc2)c1. The summed E-state index contributed by atoms with van der Waals surface area (Å²) in [4.78, 5) is 14.2. The number of hydrogen-bond acceptors (Lipinski definition) is 4. The Morgan fingerprint density at radius 3 is 2.55 bits per heavy atom. The molecular weight excluding hydrogens is 404 g/mol. The van der Waals surface area contributed by atoms with E-state index in [0.717, 1.165) is 15.4 Å². The molecule has 0 aliphatic heterocycles. The van der Waals surface area contributed by atoms with Crippen molar-refractivity contribution in [1.82, 2.24) is 5.32 Å². The van der Waals surface area contributed by atoms with Crippen molar-refractivity contribution in [2.75, 3.05) is 6.54 Å². The van der Waals surface area contributed by atoms with Crippen molar-refractivity contribution in [3.8, 4) is 6.07 Å². The van der Waals surface area contributed by atoms with Crippen LogP contribution in [-0.2, 0) is 11.2 Å². The van der Waals surface area contributed by atoms with Crippen LogP contribution in [0.15, 0.2) is 82.6 Å². The fourth-order valence-electron chi connectivity index (χ4n) is 2.73. The molecule has 6 heteroatoms. The summed E-state index contributed by atoms with van der Waals surface area (Å²) in [6.45, 7) is 0.127. The quantitative estimate of drug-likeness (QED) is 0.576. The van der Waals surface area contributed by atoms with Crippen LogP contribution >= 0.6 is 23.4 Å². The second-order valence-electron chi connectivity index (χ2n) is 6.44. The van der Waals surface area contributed by atoms with E-state index in [2.05, 4.69) is 11.4 Å². The van der Waals surface area contributed by atoms with E-state index in [-0.39, 0.29) is 18.9 Å². The number of hydrogen-bond donors (Lipinski definition) is 2. The number of nitrogens with one attached hydrogen (secondary N) is 1. The minimum atomic E-state index is -0.805. The summed E-state index contributed by atoms with van der Waals surface area (Å²) in [5, 5.41) is 22.5. The second kappa shape index (κ2) is 10.1. The minimum absolute atomic E-state index is 0.127. The summed E-state index contributed by atoms with van der Waals surface area (Å²) in [6, 6.07) is 24.2. The molecule has 1 amide bonds. The maximum absolute atomic E-state index is 12.2. The molecule has 0 saturated carbocycles. The monoisotopic (exact) mass is 422 g/mol. The molecule has 0 bridgehead atoms. The van der Waals surface area contributed by atoms with Crippen LogP contribution in [0.2, 0.25) is 5.02 Å². The molecule has 4 nitrogen and oxygen atoms in total. The number of rotatable bonds is 7. The Balaban J connectivity index is 1.51. The third-order valence-electron chi connectivity index (χ3n) is 4.21. The van der Waals surface area contributed by atoms with E-state index in [0.29, 0.717) is 16.1 Å². The normalized spacial score (nSPS) is 11.5. The van der Waals surface area contributed by atoms with Crippen LogP contribution in [0.1, 0.15) is 22.8 Å². The number of benzene rings is 3. The largest absolute Gasteiger partial charge is 0.387 e. The van der Waals surface area contributed by atoms with E-state index in [1.54, 1.807) is 42.1 Å². The first-order valence-electron chi connectivity index (χ1n) is 9.00. The van der Waals surface area contributed by atoms with Crippen molar-refractivity contribution < 1.29 is 9.90 Å². The lowest BCUT2D eigenvalue weighted by molar-refractivity contribution is -0.120.